The number of nitrogens with one attached hydrogen (secondary N) is 2. The second-order valence-corrected chi connectivity index (χ2v) is 22.9. The molecule has 1 saturated heterocycles. The highest BCUT2D eigenvalue weighted by Crippen LogP contribution is 2.44. The zero-order valence-electron chi connectivity index (χ0n) is 43.6. The summed E-state index contributed by atoms with van der Waals surface area (Å²) in [5.41, 5.74) is 5.37. The van der Waals surface area contributed by atoms with Gasteiger partial charge in [-0.15, -0.1) is 34.4 Å². The van der Waals surface area contributed by atoms with Crippen LogP contribution in [0, 0.1) is 0 Å². The molecule has 11 rings (SSSR count). The number of carbonyl (C=O) groups excluding carboxylic acids is 4. The maximum atomic E-state index is 15.0. The topological polar surface area (TPSA) is 184 Å². The van der Waals surface area contributed by atoms with Crippen LogP contribution in [0.1, 0.15) is 52.1 Å². The molecule has 0 bridgehead atoms. The number of pyridine rings is 1. The molecule has 0 saturated carbocycles. The van der Waals surface area contributed by atoms with Gasteiger partial charge in [0.15, 0.2) is 21.3 Å². The summed E-state index contributed by atoms with van der Waals surface area (Å²) in [5.74, 6) is -1.43. The third-order valence-electron chi connectivity index (χ3n) is 13.5. The Kier molecular flexibility index (Phi) is 16.6. The van der Waals surface area contributed by atoms with E-state index in [1.165, 1.54) is 58.0 Å². The average Bonchev–Trinajstić information content (AvgIpc) is 4.29. The number of thioether (sulfide) groups is 2. The van der Waals surface area contributed by atoms with Crippen LogP contribution in [0.25, 0.3) is 10.2 Å². The van der Waals surface area contributed by atoms with Gasteiger partial charge in [-0.2, -0.15) is 0 Å². The van der Waals surface area contributed by atoms with E-state index in [4.69, 9.17) is 29.0 Å². The van der Waals surface area contributed by atoms with Gasteiger partial charge in [0.1, 0.15) is 46.2 Å². The first-order valence-electron chi connectivity index (χ1n) is 25.7. The maximum absolute atomic E-state index is 15.0. The number of hydrogen-bond donors (Lipinski definition) is 2. The standard InChI is InChI=1S/C62H51N7O8S4/c1-39(58(72)76-54(41-18-8-3-9-19-41)42-20-10-4-11-21-42)77-68-51(49-38-79-60(64-49)67-62(44-22-12-5-13-23-44,45-24-14-6-15-25-45)46-26-16-7-17-27-46)55(70)66-52-56(71)69-53(59(73)75-35-40-28-30-47(74-2)31-29-40)43(36-78-57(52)69)37-80-61-65-48-34-63-33-32-50(48)81-61/h3-34,38-39,52,54,57H,35-37H2,1-2H3,(H,64,67)(H,66,70)/b68-51-/t39-,52?,57-/m0/s1. The highest BCUT2D eigenvalue weighted by atomic mass is 32.2. The predicted molar refractivity (Wildman–Crippen MR) is 316 cm³/mol. The van der Waals surface area contributed by atoms with Crippen LogP contribution in [0.3, 0.4) is 0 Å². The number of methoxy groups -OCH3 is 1. The summed E-state index contributed by atoms with van der Waals surface area (Å²) in [4.78, 5) is 79.1. The molecule has 5 heterocycles. The Morgan fingerprint density at radius 3 is 1.99 bits per heavy atom. The molecule has 0 aliphatic carbocycles. The normalized spacial score (nSPS) is 15.6. The van der Waals surface area contributed by atoms with Crippen LogP contribution in [-0.2, 0) is 45.6 Å². The molecule has 0 radical (unpaired) electrons. The number of carbonyl (C=O) groups is 4. The lowest BCUT2D eigenvalue weighted by Crippen LogP contribution is -2.71. The van der Waals surface area contributed by atoms with Crippen molar-refractivity contribution in [3.05, 3.63) is 250 Å². The number of hydrogen-bond acceptors (Lipinski definition) is 17. The zero-order valence-corrected chi connectivity index (χ0v) is 46.9. The number of aromatic nitrogens is 3. The van der Waals surface area contributed by atoms with Gasteiger partial charge in [0, 0.05) is 23.1 Å². The summed E-state index contributed by atoms with van der Waals surface area (Å²) in [6.07, 6.45) is 1.33. The number of thiazole rings is 2. The fourth-order valence-corrected chi connectivity index (χ4v) is 13.7. The molecule has 1 unspecified atom stereocenters. The van der Waals surface area contributed by atoms with Crippen molar-refractivity contribution >= 4 is 91.0 Å². The number of nitrogens with zero attached hydrogens (tertiary/aromatic N) is 5. The molecule has 3 aromatic heterocycles. The summed E-state index contributed by atoms with van der Waals surface area (Å²) in [6, 6.07) is 56.6. The molecule has 2 aliphatic rings. The van der Waals surface area contributed by atoms with E-state index in [9.17, 15) is 19.2 Å². The van der Waals surface area contributed by atoms with Gasteiger partial charge in [-0.25, -0.2) is 19.6 Å². The molecule has 406 valence electrons. The number of rotatable bonds is 21. The van der Waals surface area contributed by atoms with Crippen LogP contribution in [0.5, 0.6) is 5.75 Å². The highest BCUT2D eigenvalue weighted by molar-refractivity contribution is 8.02. The number of benzene rings is 6. The Morgan fingerprint density at radius 1 is 0.790 bits per heavy atom. The minimum atomic E-state index is -1.32. The molecule has 3 atom stereocenters. The number of oxime groups is 1. The molecule has 6 aromatic carbocycles. The molecule has 9 aromatic rings. The molecule has 2 aliphatic heterocycles. The Morgan fingerprint density at radius 2 is 1.40 bits per heavy atom. The van der Waals surface area contributed by atoms with Crippen molar-refractivity contribution < 1.29 is 38.2 Å². The monoisotopic (exact) mass is 1150 g/mol. The number of anilines is 1. The van der Waals surface area contributed by atoms with Crippen molar-refractivity contribution in [2.45, 2.75) is 47.0 Å². The molecule has 19 heteroatoms. The predicted octanol–water partition coefficient (Wildman–Crippen LogP) is 11.2. The average molecular weight is 1150 g/mol. The summed E-state index contributed by atoms with van der Waals surface area (Å²) in [7, 11) is 1.57. The minimum absolute atomic E-state index is 0.0593. The van der Waals surface area contributed by atoms with Gasteiger partial charge < -0.3 is 29.7 Å². The van der Waals surface area contributed by atoms with E-state index in [0.29, 0.717) is 28.0 Å². The minimum Gasteiger partial charge on any atom is -0.497 e. The first-order chi connectivity index (χ1) is 39.7. The van der Waals surface area contributed by atoms with E-state index >= 15 is 0 Å². The van der Waals surface area contributed by atoms with E-state index < -0.39 is 52.9 Å². The van der Waals surface area contributed by atoms with Gasteiger partial charge in [0.25, 0.3) is 11.8 Å². The van der Waals surface area contributed by atoms with Crippen LogP contribution in [0.15, 0.2) is 221 Å². The molecule has 1 fully saturated rings. The van der Waals surface area contributed by atoms with Gasteiger partial charge in [0.05, 0.1) is 18.0 Å². The van der Waals surface area contributed by atoms with E-state index in [0.717, 1.165) is 47.9 Å². The third kappa shape index (κ3) is 11.8. The summed E-state index contributed by atoms with van der Waals surface area (Å²) >= 11 is 5.60. The van der Waals surface area contributed by atoms with E-state index in [-0.39, 0.29) is 23.7 Å². The number of fused-ring (bicyclic) bond motifs is 2. The Bertz CT molecular complexity index is 3570. The SMILES string of the molecule is COc1ccc(COC(=O)C2=C(CSc3nc4cnccc4s3)CS[C@H]3C(NC(=O)/C(=N\O[C@@H](C)C(=O)OC(c4ccccc4)c4ccccc4)c4csc(NC(c5ccccc5)(c5ccccc5)c5ccccc5)n4)C(=O)N23)cc1. The van der Waals surface area contributed by atoms with Crippen molar-refractivity contribution in [2.24, 2.45) is 5.16 Å². The van der Waals surface area contributed by atoms with E-state index in [2.05, 4.69) is 20.8 Å². The fourth-order valence-electron chi connectivity index (χ4n) is 9.46. The smallest absolute Gasteiger partial charge is 0.355 e. The summed E-state index contributed by atoms with van der Waals surface area (Å²) < 4.78 is 19.1. The largest absolute Gasteiger partial charge is 0.497 e. The molecule has 81 heavy (non-hydrogen) atoms. The number of β-lactam (4-membered cyclic amide) rings is 1. The van der Waals surface area contributed by atoms with Crippen LogP contribution in [0.2, 0.25) is 0 Å². The van der Waals surface area contributed by atoms with E-state index in [1.54, 1.807) is 49.1 Å². The second-order valence-electron chi connectivity index (χ2n) is 18.7. The Balaban J connectivity index is 0.896. The maximum Gasteiger partial charge on any atom is 0.355 e. The summed E-state index contributed by atoms with van der Waals surface area (Å²) in [6.45, 7) is 1.42. The fraction of sp³-hybridized carbons (Fsp3) is 0.161. The van der Waals surface area contributed by atoms with E-state index in [1.807, 2.05) is 158 Å². The van der Waals surface area contributed by atoms with Gasteiger partial charge in [0.2, 0.25) is 6.10 Å². The zero-order chi connectivity index (χ0) is 55.7. The number of amides is 2. The van der Waals surface area contributed by atoms with Crippen molar-refractivity contribution in [3.63, 3.8) is 0 Å². The molecular formula is C62H51N7O8S4. The van der Waals surface area contributed by atoms with Crippen molar-refractivity contribution in [3.8, 4) is 5.75 Å². The van der Waals surface area contributed by atoms with Crippen molar-refractivity contribution in [1.82, 2.24) is 25.2 Å². The lowest BCUT2D eigenvalue weighted by atomic mass is 9.77. The number of ether oxygens (including phenoxy) is 3. The van der Waals surface area contributed by atoms with Gasteiger partial charge in [-0.1, -0.05) is 181 Å². The lowest BCUT2D eigenvalue weighted by molar-refractivity contribution is -0.160. The lowest BCUT2D eigenvalue weighted by Gasteiger charge is -2.49. The van der Waals surface area contributed by atoms with Gasteiger partial charge in [-0.05, 0) is 64.1 Å². The quantitative estimate of drug-likeness (QED) is 0.0173. The molecule has 0 spiro atoms. The van der Waals surface area contributed by atoms with Crippen LogP contribution in [-0.4, -0.2) is 85.5 Å². The Labute approximate surface area is 483 Å². The first kappa shape index (κ1) is 54.3. The molecule has 2 amide bonds. The first-order valence-corrected chi connectivity index (χ1v) is 29.5. The summed E-state index contributed by atoms with van der Waals surface area (Å²) in [5, 5.41) is 12.4. The van der Waals surface area contributed by atoms with Gasteiger partial charge >= 0.3 is 11.9 Å². The van der Waals surface area contributed by atoms with Crippen LogP contribution >= 0.6 is 46.2 Å². The van der Waals surface area contributed by atoms with Crippen LogP contribution < -0.4 is 15.4 Å². The third-order valence-corrected chi connectivity index (χ3v) is 17.9. The Hall–Kier alpha value is -8.62. The second kappa shape index (κ2) is 24.8. The highest BCUT2D eigenvalue weighted by Gasteiger charge is 2.55. The van der Waals surface area contributed by atoms with Crippen LogP contribution in [0.4, 0.5) is 5.13 Å². The molecule has 15 nitrogen and oxygen atoms in total. The van der Waals surface area contributed by atoms with Gasteiger partial charge in [-0.3, -0.25) is 19.5 Å². The number of esters is 2. The molecule has 2 N–H and O–H groups in total. The van der Waals surface area contributed by atoms with Crippen molar-refractivity contribution in [1.29, 1.82) is 0 Å². The molecular weight excluding hydrogens is 1100 g/mol. The van der Waals surface area contributed by atoms with Crippen molar-refractivity contribution in [2.75, 3.05) is 23.9 Å².